The summed E-state index contributed by atoms with van der Waals surface area (Å²) < 4.78 is 27.6. The zero-order valence-corrected chi connectivity index (χ0v) is 13.1. The van der Waals surface area contributed by atoms with E-state index >= 15 is 0 Å². The van der Waals surface area contributed by atoms with Crippen molar-refractivity contribution >= 4 is 16.5 Å². The second-order valence-electron chi connectivity index (χ2n) is 4.93. The zero-order valence-electron chi connectivity index (χ0n) is 12.3. The quantitative estimate of drug-likeness (QED) is 0.833. The Bertz CT molecular complexity index is 638. The number of halogens is 1. The molecule has 0 fully saturated rings. The van der Waals surface area contributed by atoms with Gasteiger partial charge in [0.25, 0.3) is 0 Å². The molecule has 0 aliphatic heterocycles. The van der Waals surface area contributed by atoms with Crippen LogP contribution < -0.4 is 5.73 Å². The minimum absolute atomic E-state index is 0.0637. The molecule has 114 valence electrons. The first kappa shape index (κ1) is 15.7. The second-order valence-corrected chi connectivity index (χ2v) is 6.38. The molecular formula is C15H20FN3OS. The molecule has 1 heterocycles. The van der Waals surface area contributed by atoms with E-state index in [-0.39, 0.29) is 11.4 Å². The fourth-order valence-electron chi connectivity index (χ4n) is 2.19. The molecule has 4 nitrogen and oxygen atoms in total. The Balaban J connectivity index is 2.11. The summed E-state index contributed by atoms with van der Waals surface area (Å²) in [7, 11) is -1.33. The lowest BCUT2D eigenvalue weighted by atomic mass is 10.2. The van der Waals surface area contributed by atoms with E-state index in [1.54, 1.807) is 6.07 Å². The van der Waals surface area contributed by atoms with E-state index in [0.717, 1.165) is 18.5 Å². The number of benzene rings is 1. The molecule has 0 aliphatic rings. The fraction of sp³-hybridized carbons (Fsp3) is 0.400. The van der Waals surface area contributed by atoms with Crippen LogP contribution in [0.25, 0.3) is 0 Å². The average molecular weight is 309 g/mol. The molecule has 1 unspecified atom stereocenters. The van der Waals surface area contributed by atoms with Crippen LogP contribution in [0.5, 0.6) is 0 Å². The van der Waals surface area contributed by atoms with Crippen molar-refractivity contribution in [3.8, 4) is 0 Å². The molecule has 0 bridgehead atoms. The van der Waals surface area contributed by atoms with Gasteiger partial charge >= 0.3 is 0 Å². The highest BCUT2D eigenvalue weighted by Crippen LogP contribution is 2.19. The van der Waals surface area contributed by atoms with Crippen LogP contribution >= 0.6 is 0 Å². The Morgan fingerprint density at radius 3 is 2.67 bits per heavy atom. The molecule has 0 aliphatic carbocycles. The monoisotopic (exact) mass is 309 g/mol. The highest BCUT2D eigenvalue weighted by Gasteiger charge is 2.12. The third-order valence-electron chi connectivity index (χ3n) is 3.49. The van der Waals surface area contributed by atoms with E-state index < -0.39 is 16.6 Å². The summed E-state index contributed by atoms with van der Waals surface area (Å²) in [4.78, 5) is 0.429. The molecule has 21 heavy (non-hydrogen) atoms. The Morgan fingerprint density at radius 1 is 1.33 bits per heavy atom. The van der Waals surface area contributed by atoms with Crippen LogP contribution in [0.3, 0.4) is 0 Å². The summed E-state index contributed by atoms with van der Waals surface area (Å²) in [5, 5.41) is 4.46. The Labute approximate surface area is 126 Å². The van der Waals surface area contributed by atoms with Gasteiger partial charge in [0.05, 0.1) is 34.0 Å². The van der Waals surface area contributed by atoms with E-state index in [2.05, 4.69) is 18.9 Å². The smallest absolute Gasteiger partial charge is 0.147 e. The molecule has 2 rings (SSSR count). The summed E-state index contributed by atoms with van der Waals surface area (Å²) in [5.41, 5.74) is 6.23. The van der Waals surface area contributed by atoms with Gasteiger partial charge < -0.3 is 5.73 Å². The van der Waals surface area contributed by atoms with Crippen LogP contribution in [-0.4, -0.2) is 14.0 Å². The maximum Gasteiger partial charge on any atom is 0.147 e. The lowest BCUT2D eigenvalue weighted by Gasteiger charge is -2.12. The number of nitrogens with zero attached hydrogens (tertiary/aromatic N) is 2. The van der Waals surface area contributed by atoms with Crippen LogP contribution in [-0.2, 0) is 16.6 Å². The highest BCUT2D eigenvalue weighted by molar-refractivity contribution is 7.84. The summed E-state index contributed by atoms with van der Waals surface area (Å²) in [5.74, 6) is -0.264. The summed E-state index contributed by atoms with van der Waals surface area (Å²) in [6.07, 6.45) is 3.92. The van der Waals surface area contributed by atoms with Gasteiger partial charge in [0.2, 0.25) is 0 Å². The lowest BCUT2D eigenvalue weighted by Crippen LogP contribution is -2.08. The molecule has 1 atom stereocenters. The Hall–Kier alpha value is -1.69. The molecule has 1 aromatic carbocycles. The molecule has 2 N–H and O–H groups in total. The van der Waals surface area contributed by atoms with Gasteiger partial charge in [-0.2, -0.15) is 5.10 Å². The lowest BCUT2D eigenvalue weighted by molar-refractivity contribution is 0.426. The van der Waals surface area contributed by atoms with E-state index in [1.165, 1.54) is 12.1 Å². The van der Waals surface area contributed by atoms with Crippen LogP contribution in [0, 0.1) is 5.82 Å². The minimum atomic E-state index is -1.33. The number of aromatic nitrogens is 2. The summed E-state index contributed by atoms with van der Waals surface area (Å²) >= 11 is 0. The van der Waals surface area contributed by atoms with Gasteiger partial charge in [-0.3, -0.25) is 8.89 Å². The fourth-order valence-corrected chi connectivity index (χ4v) is 3.23. The van der Waals surface area contributed by atoms with Gasteiger partial charge in [-0.05, 0) is 37.1 Å². The third kappa shape index (κ3) is 3.69. The number of hydrogen-bond donors (Lipinski definition) is 1. The highest BCUT2D eigenvalue weighted by atomic mass is 32.2. The maximum absolute atomic E-state index is 13.4. The maximum atomic E-state index is 13.4. The average Bonchev–Trinajstić information content (AvgIpc) is 2.91. The van der Waals surface area contributed by atoms with Gasteiger partial charge in [0.15, 0.2) is 0 Å². The summed E-state index contributed by atoms with van der Waals surface area (Å²) in [6, 6.07) is 6.48. The van der Waals surface area contributed by atoms with E-state index in [4.69, 9.17) is 5.73 Å². The normalized spacial score (nSPS) is 12.8. The first-order valence-electron chi connectivity index (χ1n) is 7.02. The predicted octanol–water partition coefficient (Wildman–Crippen LogP) is 3.27. The molecule has 2 aromatic rings. The number of nitrogen functional groups attached to an aromatic ring is 1. The first-order chi connectivity index (χ1) is 10.0. The zero-order chi connectivity index (χ0) is 15.4. The van der Waals surface area contributed by atoms with Crippen molar-refractivity contribution in [3.63, 3.8) is 0 Å². The van der Waals surface area contributed by atoms with E-state index in [1.807, 2.05) is 16.9 Å². The molecule has 0 amide bonds. The molecule has 6 heteroatoms. The number of rotatable bonds is 6. The first-order valence-corrected chi connectivity index (χ1v) is 8.34. The minimum Gasteiger partial charge on any atom is -0.396 e. The summed E-state index contributed by atoms with van der Waals surface area (Å²) in [6.45, 7) is 4.23. The number of hydrogen-bond acceptors (Lipinski definition) is 3. The standard InChI is InChI=1S/C15H20FN3OS/c1-3-12(4-2)19-8-7-11(18-19)10-21(20)13-5-6-15(17)14(16)9-13/h5-9,12H,3-4,10,17H2,1-2H3. The topological polar surface area (TPSA) is 60.9 Å². The molecule has 0 saturated carbocycles. The van der Waals surface area contributed by atoms with Crippen molar-refractivity contribution in [1.29, 1.82) is 0 Å². The number of nitrogens with two attached hydrogens (primary N) is 1. The van der Waals surface area contributed by atoms with Crippen LogP contribution in [0.1, 0.15) is 38.4 Å². The van der Waals surface area contributed by atoms with Crippen LogP contribution in [0.2, 0.25) is 0 Å². The predicted molar refractivity (Wildman–Crippen MR) is 82.8 cm³/mol. The van der Waals surface area contributed by atoms with Crippen LogP contribution in [0.15, 0.2) is 35.4 Å². The molecule has 0 saturated heterocycles. The second kappa shape index (κ2) is 6.85. The molecule has 1 aromatic heterocycles. The molecule has 0 radical (unpaired) electrons. The SMILES string of the molecule is CCC(CC)n1ccc(CS(=O)c2ccc(N)c(F)c2)n1. The van der Waals surface area contributed by atoms with E-state index in [9.17, 15) is 8.60 Å². The van der Waals surface area contributed by atoms with Crippen molar-refractivity contribution in [2.45, 2.75) is 43.4 Å². The van der Waals surface area contributed by atoms with E-state index in [0.29, 0.717) is 10.9 Å². The number of anilines is 1. The van der Waals surface area contributed by atoms with Gasteiger partial charge in [0.1, 0.15) is 5.82 Å². The largest absolute Gasteiger partial charge is 0.396 e. The molecular weight excluding hydrogens is 289 g/mol. The van der Waals surface area contributed by atoms with Gasteiger partial charge in [-0.1, -0.05) is 13.8 Å². The Kier molecular flexibility index (Phi) is 5.12. The van der Waals surface area contributed by atoms with Gasteiger partial charge in [0, 0.05) is 11.1 Å². The Morgan fingerprint density at radius 2 is 2.05 bits per heavy atom. The molecule has 0 spiro atoms. The van der Waals surface area contributed by atoms with Crippen molar-refractivity contribution in [2.24, 2.45) is 0 Å². The van der Waals surface area contributed by atoms with Crippen molar-refractivity contribution in [2.75, 3.05) is 5.73 Å². The third-order valence-corrected chi connectivity index (χ3v) is 4.83. The van der Waals surface area contributed by atoms with Crippen LogP contribution in [0.4, 0.5) is 10.1 Å². The van der Waals surface area contributed by atoms with Crippen molar-refractivity contribution < 1.29 is 8.60 Å². The van der Waals surface area contributed by atoms with Gasteiger partial charge in [-0.25, -0.2) is 4.39 Å². The van der Waals surface area contributed by atoms with Crippen molar-refractivity contribution in [3.05, 3.63) is 42.0 Å². The van der Waals surface area contributed by atoms with Crippen molar-refractivity contribution in [1.82, 2.24) is 9.78 Å². The van der Waals surface area contributed by atoms with Gasteiger partial charge in [-0.15, -0.1) is 0 Å².